The minimum Gasteiger partial charge on any atom is -0.444 e. The van der Waals surface area contributed by atoms with Crippen LogP contribution in [-0.4, -0.2) is 41.2 Å². The third kappa shape index (κ3) is 6.44. The summed E-state index contributed by atoms with van der Waals surface area (Å²) in [6, 6.07) is 8.95. The average molecular weight is 559 g/mol. The molecular weight excluding hydrogens is 512 g/mol. The molecule has 0 atom stereocenters. The van der Waals surface area contributed by atoms with Crippen molar-refractivity contribution >= 4 is 17.7 Å². The third-order valence-corrected chi connectivity index (χ3v) is 8.95. The summed E-state index contributed by atoms with van der Waals surface area (Å²) in [6.07, 6.45) is 11.0. The number of rotatable bonds is 4. The summed E-state index contributed by atoms with van der Waals surface area (Å²) >= 11 is 0. The largest absolute Gasteiger partial charge is 0.444 e. The number of carbonyl (C=O) groups is 2. The Morgan fingerprint density at radius 3 is 2.61 bits per heavy atom. The van der Waals surface area contributed by atoms with Gasteiger partial charge in [0.25, 0.3) is 5.91 Å². The summed E-state index contributed by atoms with van der Waals surface area (Å²) in [5, 5.41) is 6.26. The van der Waals surface area contributed by atoms with Crippen LogP contribution in [0.5, 0.6) is 0 Å². The predicted molar refractivity (Wildman–Crippen MR) is 163 cm³/mol. The molecule has 3 aliphatic rings. The quantitative estimate of drug-likeness (QED) is 0.428. The summed E-state index contributed by atoms with van der Waals surface area (Å²) < 4.78 is 5.44. The van der Waals surface area contributed by atoms with Crippen molar-refractivity contribution in [3.8, 4) is 0 Å². The van der Waals surface area contributed by atoms with Crippen molar-refractivity contribution in [2.24, 2.45) is 5.41 Å². The highest BCUT2D eigenvalue weighted by molar-refractivity contribution is 5.97. The van der Waals surface area contributed by atoms with Gasteiger partial charge < -0.3 is 20.3 Å². The second-order valence-corrected chi connectivity index (χ2v) is 13.3. The van der Waals surface area contributed by atoms with Crippen LogP contribution in [0, 0.1) is 19.3 Å². The number of benzene rings is 1. The Hall–Kier alpha value is -3.35. The van der Waals surface area contributed by atoms with Gasteiger partial charge in [-0.3, -0.25) is 9.78 Å². The van der Waals surface area contributed by atoms with Crippen LogP contribution in [0.4, 0.5) is 10.5 Å². The van der Waals surface area contributed by atoms with Gasteiger partial charge in [-0.25, -0.2) is 4.79 Å². The summed E-state index contributed by atoms with van der Waals surface area (Å²) in [6.45, 7) is 13.3. The van der Waals surface area contributed by atoms with Crippen molar-refractivity contribution in [1.82, 2.24) is 15.6 Å². The molecule has 1 spiro atoms. The van der Waals surface area contributed by atoms with Gasteiger partial charge in [-0.2, -0.15) is 0 Å². The lowest BCUT2D eigenvalue weighted by Gasteiger charge is -2.60. The molecule has 1 aromatic heterocycles. The van der Waals surface area contributed by atoms with Crippen molar-refractivity contribution in [3.63, 3.8) is 0 Å². The number of carbonyl (C=O) groups excluding carboxylic acids is 2. The number of ether oxygens (including phenoxy) is 1. The van der Waals surface area contributed by atoms with E-state index in [2.05, 4.69) is 51.7 Å². The van der Waals surface area contributed by atoms with Gasteiger partial charge in [0.05, 0.1) is 0 Å². The van der Waals surface area contributed by atoms with E-state index in [4.69, 9.17) is 4.74 Å². The van der Waals surface area contributed by atoms with E-state index < -0.39 is 5.60 Å². The number of nitrogens with one attached hydrogen (secondary N) is 2. The molecule has 2 heterocycles. The summed E-state index contributed by atoms with van der Waals surface area (Å²) in [4.78, 5) is 32.9. The lowest BCUT2D eigenvalue weighted by molar-refractivity contribution is -0.0248. The fourth-order valence-electron chi connectivity index (χ4n) is 7.17. The molecule has 0 bridgehead atoms. The number of aryl methyl sites for hydroxylation is 3. The number of aromatic nitrogens is 1. The van der Waals surface area contributed by atoms with E-state index in [1.54, 1.807) is 0 Å². The highest BCUT2D eigenvalue weighted by Gasteiger charge is 2.54. The molecule has 0 unspecified atom stereocenters. The SMILES string of the molecule is CCN(c1cccc2c1C/C=C/CCc1cc(C)nc(C)c1CNC2=O)C1CC2(CC(NC(=O)OC(C)(C)C)C2)C1. The first-order valence-electron chi connectivity index (χ1n) is 15.2. The second kappa shape index (κ2) is 11.5. The zero-order chi connectivity index (χ0) is 29.4. The van der Waals surface area contributed by atoms with Gasteiger partial charge in [0.1, 0.15) is 5.60 Å². The van der Waals surface area contributed by atoms with Crippen LogP contribution >= 0.6 is 0 Å². The fourth-order valence-corrected chi connectivity index (χ4v) is 7.17. The van der Waals surface area contributed by atoms with Crippen LogP contribution in [0.15, 0.2) is 36.4 Å². The number of alkyl carbamates (subject to hydrolysis) is 1. The van der Waals surface area contributed by atoms with Crippen LogP contribution < -0.4 is 15.5 Å². The smallest absolute Gasteiger partial charge is 0.407 e. The van der Waals surface area contributed by atoms with Crippen molar-refractivity contribution in [2.75, 3.05) is 11.4 Å². The molecule has 1 aromatic carbocycles. The fraction of sp³-hybridized carbons (Fsp3) is 0.559. The predicted octanol–water partition coefficient (Wildman–Crippen LogP) is 6.34. The molecule has 7 heteroatoms. The van der Waals surface area contributed by atoms with Crippen molar-refractivity contribution in [3.05, 3.63) is 70.1 Å². The van der Waals surface area contributed by atoms with Gasteiger partial charge in [-0.05, 0) is 127 Å². The monoisotopic (exact) mass is 558 g/mol. The molecule has 1 aliphatic heterocycles. The van der Waals surface area contributed by atoms with Crippen LogP contribution in [0.1, 0.15) is 98.2 Å². The van der Waals surface area contributed by atoms with E-state index in [9.17, 15) is 9.59 Å². The summed E-state index contributed by atoms with van der Waals surface area (Å²) in [7, 11) is 0. The molecular formula is C34H46N4O3. The Morgan fingerprint density at radius 2 is 1.90 bits per heavy atom. The molecule has 0 saturated heterocycles. The number of amides is 2. The maximum Gasteiger partial charge on any atom is 0.407 e. The van der Waals surface area contributed by atoms with Gasteiger partial charge in [-0.15, -0.1) is 0 Å². The van der Waals surface area contributed by atoms with E-state index in [0.717, 1.165) is 79.6 Å². The number of anilines is 1. The maximum absolute atomic E-state index is 13.6. The maximum atomic E-state index is 13.6. The van der Waals surface area contributed by atoms with Crippen LogP contribution in [0.25, 0.3) is 0 Å². The van der Waals surface area contributed by atoms with Gasteiger partial charge in [-0.1, -0.05) is 18.2 Å². The van der Waals surface area contributed by atoms with Crippen LogP contribution in [0.3, 0.4) is 0 Å². The van der Waals surface area contributed by atoms with Crippen molar-refractivity contribution < 1.29 is 14.3 Å². The Bertz CT molecular complexity index is 1330. The van der Waals surface area contributed by atoms with E-state index in [-0.39, 0.29) is 18.0 Å². The normalized spacial score (nSPS) is 24.8. The van der Waals surface area contributed by atoms with Crippen molar-refractivity contribution in [1.29, 1.82) is 0 Å². The molecule has 2 N–H and O–H groups in total. The molecule has 2 aromatic rings. The van der Waals surface area contributed by atoms with Gasteiger partial charge in [0.2, 0.25) is 0 Å². The first kappa shape index (κ1) is 29.2. The van der Waals surface area contributed by atoms with Gasteiger partial charge >= 0.3 is 6.09 Å². The average Bonchev–Trinajstić information content (AvgIpc) is 2.83. The molecule has 2 fully saturated rings. The van der Waals surface area contributed by atoms with Crippen LogP contribution in [0.2, 0.25) is 0 Å². The minimum atomic E-state index is -0.482. The van der Waals surface area contributed by atoms with Gasteiger partial charge in [0.15, 0.2) is 0 Å². The zero-order valence-corrected chi connectivity index (χ0v) is 25.6. The number of hydrogen-bond acceptors (Lipinski definition) is 5. The molecule has 2 saturated carbocycles. The Balaban J connectivity index is 1.29. The molecule has 2 aliphatic carbocycles. The molecule has 7 nitrogen and oxygen atoms in total. The first-order valence-corrected chi connectivity index (χ1v) is 15.2. The Kier molecular flexibility index (Phi) is 8.18. The summed E-state index contributed by atoms with van der Waals surface area (Å²) in [5.41, 5.74) is 7.25. The third-order valence-electron chi connectivity index (χ3n) is 8.95. The number of fused-ring (bicyclic) bond motifs is 2. The van der Waals surface area contributed by atoms with E-state index >= 15 is 0 Å². The molecule has 5 rings (SSSR count). The first-order chi connectivity index (χ1) is 19.5. The number of hydrogen-bond donors (Lipinski definition) is 2. The van der Waals surface area contributed by atoms with E-state index in [0.29, 0.717) is 18.0 Å². The lowest BCUT2D eigenvalue weighted by atomic mass is 9.51. The standard InChI is InChI=1S/C34H46N4O3/c1-7-38(26-19-34(20-26)17-25(18-34)37-32(40)41-33(4,5)6)30-15-11-14-28-27(30)13-10-8-9-12-24-16-22(2)36-23(3)29(24)21-35-31(28)39/h8,10-11,14-16,25-26H,7,9,12-13,17-21H2,1-6H3,(H,35,39)(H,37,40)/b10-8+. The van der Waals surface area contributed by atoms with Gasteiger partial charge in [0, 0.05) is 47.8 Å². The van der Waals surface area contributed by atoms with Crippen LogP contribution in [-0.2, 0) is 24.1 Å². The Labute approximate surface area is 245 Å². The molecule has 220 valence electrons. The number of nitrogens with zero attached hydrogens (tertiary/aromatic N) is 2. The lowest BCUT2D eigenvalue weighted by Crippen LogP contribution is -2.61. The number of allylic oxidation sites excluding steroid dienone is 2. The topological polar surface area (TPSA) is 83.6 Å². The Morgan fingerprint density at radius 1 is 1.15 bits per heavy atom. The second-order valence-electron chi connectivity index (χ2n) is 13.3. The van der Waals surface area contributed by atoms with Crippen molar-refractivity contribution in [2.45, 2.75) is 111 Å². The molecule has 2 amide bonds. The molecule has 0 radical (unpaired) electrons. The van der Waals surface area contributed by atoms with E-state index in [1.807, 2.05) is 46.8 Å². The highest BCUT2D eigenvalue weighted by atomic mass is 16.6. The highest BCUT2D eigenvalue weighted by Crippen LogP contribution is 2.58. The molecule has 41 heavy (non-hydrogen) atoms. The minimum absolute atomic E-state index is 0.0297. The summed E-state index contributed by atoms with van der Waals surface area (Å²) in [5.74, 6) is -0.0297. The van der Waals surface area contributed by atoms with E-state index in [1.165, 1.54) is 11.3 Å². The number of pyridine rings is 1. The zero-order valence-electron chi connectivity index (χ0n) is 25.6.